The molecule has 0 bridgehead atoms. The van der Waals surface area contributed by atoms with E-state index in [0.29, 0.717) is 0 Å². The first kappa shape index (κ1) is 7.16. The highest BCUT2D eigenvalue weighted by Gasteiger charge is 2.00. The molecule has 0 spiro atoms. The number of nitrogen functional groups attached to an aromatic ring is 1. The lowest BCUT2D eigenvalue weighted by molar-refractivity contribution is 0.779. The fourth-order valence-electron chi connectivity index (χ4n) is 1.32. The van der Waals surface area contributed by atoms with Gasteiger partial charge in [-0.25, -0.2) is 0 Å². The van der Waals surface area contributed by atoms with E-state index in [1.54, 1.807) is 4.68 Å². The highest BCUT2D eigenvalue weighted by atomic mass is 15.2. The van der Waals surface area contributed by atoms with Crippen LogP contribution in [0.3, 0.4) is 0 Å². The number of benzene rings is 1. The summed E-state index contributed by atoms with van der Waals surface area (Å²) in [6.45, 7) is 1.99. The zero-order valence-electron chi connectivity index (χ0n) is 7.20. The molecule has 0 aliphatic carbocycles. The maximum atomic E-state index is 5.76. The lowest BCUT2D eigenvalue weighted by Gasteiger charge is -1.97. The quantitative estimate of drug-likeness (QED) is 0.594. The van der Waals surface area contributed by atoms with Crippen molar-refractivity contribution in [3.05, 3.63) is 23.9 Å². The van der Waals surface area contributed by atoms with E-state index in [4.69, 9.17) is 5.73 Å². The number of hydrogen-bond acceptors (Lipinski definition) is 2. The Kier molecular flexibility index (Phi) is 1.33. The maximum Gasteiger partial charge on any atom is 0.0927 e. The largest absolute Gasteiger partial charge is 0.398 e. The molecule has 0 atom stereocenters. The Bertz CT molecular complexity index is 390. The van der Waals surface area contributed by atoms with Gasteiger partial charge in [-0.05, 0) is 24.6 Å². The van der Waals surface area contributed by atoms with Gasteiger partial charge in [0, 0.05) is 24.3 Å². The number of aromatic nitrogens is 2. The van der Waals surface area contributed by atoms with Crippen LogP contribution in [-0.2, 0) is 7.05 Å². The van der Waals surface area contributed by atoms with Crippen molar-refractivity contribution >= 4 is 16.6 Å². The number of nitrogens with two attached hydrogens (primary N) is 1. The molecule has 0 saturated carbocycles. The second-order valence-corrected chi connectivity index (χ2v) is 3.07. The van der Waals surface area contributed by atoms with Crippen LogP contribution in [0.25, 0.3) is 10.9 Å². The third-order valence-electron chi connectivity index (χ3n) is 2.01. The number of aryl methyl sites for hydroxylation is 2. The summed E-state index contributed by atoms with van der Waals surface area (Å²) in [7, 11) is 1.91. The van der Waals surface area contributed by atoms with E-state index in [1.165, 1.54) is 0 Å². The molecular weight excluding hydrogens is 150 g/mol. The van der Waals surface area contributed by atoms with Crippen molar-refractivity contribution in [2.45, 2.75) is 6.92 Å². The van der Waals surface area contributed by atoms with E-state index >= 15 is 0 Å². The minimum Gasteiger partial charge on any atom is -0.398 e. The second kappa shape index (κ2) is 2.24. The molecule has 2 N–H and O–H groups in total. The Labute approximate surface area is 70.8 Å². The molecule has 0 aliphatic rings. The van der Waals surface area contributed by atoms with E-state index in [0.717, 1.165) is 22.2 Å². The molecule has 2 rings (SSSR count). The van der Waals surface area contributed by atoms with Crippen molar-refractivity contribution in [3.8, 4) is 0 Å². The molecule has 1 aromatic heterocycles. The zero-order valence-corrected chi connectivity index (χ0v) is 7.20. The predicted octanol–water partition coefficient (Wildman–Crippen LogP) is 1.46. The summed E-state index contributed by atoms with van der Waals surface area (Å²) in [6.07, 6.45) is 1.96. The van der Waals surface area contributed by atoms with Crippen LogP contribution >= 0.6 is 0 Å². The van der Waals surface area contributed by atoms with Crippen LogP contribution in [-0.4, -0.2) is 9.78 Å². The lowest BCUT2D eigenvalue weighted by atomic mass is 10.1. The van der Waals surface area contributed by atoms with Crippen LogP contribution < -0.4 is 5.73 Å². The third-order valence-corrected chi connectivity index (χ3v) is 2.01. The Morgan fingerprint density at radius 3 is 2.92 bits per heavy atom. The van der Waals surface area contributed by atoms with Crippen molar-refractivity contribution in [1.29, 1.82) is 0 Å². The Morgan fingerprint density at radius 1 is 1.42 bits per heavy atom. The van der Waals surface area contributed by atoms with Gasteiger partial charge in [0.2, 0.25) is 0 Å². The highest BCUT2D eigenvalue weighted by Crippen LogP contribution is 2.19. The van der Waals surface area contributed by atoms with Gasteiger partial charge < -0.3 is 5.73 Å². The maximum absolute atomic E-state index is 5.76. The van der Waals surface area contributed by atoms with Crippen molar-refractivity contribution in [2.24, 2.45) is 7.05 Å². The number of nitrogens with zero attached hydrogens (tertiary/aromatic N) is 2. The molecule has 0 radical (unpaired) electrons. The minimum absolute atomic E-state index is 0.829. The van der Waals surface area contributed by atoms with Crippen LogP contribution in [0.1, 0.15) is 5.56 Å². The molecule has 3 heteroatoms. The highest BCUT2D eigenvalue weighted by molar-refractivity contribution is 5.83. The molecule has 12 heavy (non-hydrogen) atoms. The van der Waals surface area contributed by atoms with Crippen LogP contribution in [0.15, 0.2) is 18.3 Å². The van der Waals surface area contributed by atoms with Crippen LogP contribution in [0.2, 0.25) is 0 Å². The first-order valence-corrected chi connectivity index (χ1v) is 3.86. The second-order valence-electron chi connectivity index (χ2n) is 3.07. The van der Waals surface area contributed by atoms with E-state index in [-0.39, 0.29) is 0 Å². The molecule has 1 aromatic carbocycles. The molecule has 62 valence electrons. The predicted molar refractivity (Wildman–Crippen MR) is 49.9 cm³/mol. The van der Waals surface area contributed by atoms with Gasteiger partial charge >= 0.3 is 0 Å². The summed E-state index contributed by atoms with van der Waals surface area (Å²) in [4.78, 5) is 0. The Hall–Kier alpha value is -1.51. The monoisotopic (exact) mass is 161 g/mol. The van der Waals surface area contributed by atoms with Gasteiger partial charge in [0.15, 0.2) is 0 Å². The minimum atomic E-state index is 0.829. The molecular formula is C9H11N3. The standard InChI is InChI=1S/C9H11N3/c1-6-3-9-7(4-8(6)10)5-12(2)11-9/h3-5H,10H2,1-2H3. The first-order valence-electron chi connectivity index (χ1n) is 3.86. The van der Waals surface area contributed by atoms with Crippen molar-refractivity contribution in [1.82, 2.24) is 9.78 Å². The van der Waals surface area contributed by atoms with Gasteiger partial charge in [0.1, 0.15) is 0 Å². The van der Waals surface area contributed by atoms with Gasteiger partial charge in [-0.3, -0.25) is 4.68 Å². The number of rotatable bonds is 0. The summed E-state index contributed by atoms with van der Waals surface area (Å²) in [5, 5.41) is 5.37. The number of hydrogen-bond donors (Lipinski definition) is 1. The first-order chi connectivity index (χ1) is 5.66. The Balaban J connectivity index is 2.83. The molecule has 3 nitrogen and oxygen atoms in total. The summed E-state index contributed by atoms with van der Waals surface area (Å²) in [5.41, 5.74) is 8.68. The SMILES string of the molecule is Cc1cc2nn(C)cc2cc1N. The van der Waals surface area contributed by atoms with Crippen molar-refractivity contribution < 1.29 is 0 Å². The van der Waals surface area contributed by atoms with E-state index in [2.05, 4.69) is 5.10 Å². The van der Waals surface area contributed by atoms with Crippen molar-refractivity contribution in [2.75, 3.05) is 5.73 Å². The summed E-state index contributed by atoms with van der Waals surface area (Å²) < 4.78 is 1.80. The van der Waals surface area contributed by atoms with Gasteiger partial charge in [-0.2, -0.15) is 5.10 Å². The molecule has 0 amide bonds. The topological polar surface area (TPSA) is 43.8 Å². The van der Waals surface area contributed by atoms with E-state index in [9.17, 15) is 0 Å². The zero-order chi connectivity index (χ0) is 8.72. The fourth-order valence-corrected chi connectivity index (χ4v) is 1.32. The molecule has 2 aromatic rings. The molecule has 0 aliphatic heterocycles. The lowest BCUT2D eigenvalue weighted by Crippen LogP contribution is -1.88. The van der Waals surface area contributed by atoms with E-state index in [1.807, 2.05) is 32.3 Å². The molecule has 0 unspecified atom stereocenters. The fraction of sp³-hybridized carbons (Fsp3) is 0.222. The molecule has 1 heterocycles. The van der Waals surface area contributed by atoms with Crippen LogP contribution in [0, 0.1) is 6.92 Å². The van der Waals surface area contributed by atoms with Gasteiger partial charge in [-0.1, -0.05) is 0 Å². The average molecular weight is 161 g/mol. The number of fused-ring (bicyclic) bond motifs is 1. The Morgan fingerprint density at radius 2 is 2.17 bits per heavy atom. The van der Waals surface area contributed by atoms with Gasteiger partial charge in [0.05, 0.1) is 5.52 Å². The molecule has 0 fully saturated rings. The molecule has 0 saturated heterocycles. The smallest absolute Gasteiger partial charge is 0.0927 e. The van der Waals surface area contributed by atoms with Crippen LogP contribution in [0.5, 0.6) is 0 Å². The average Bonchev–Trinajstić information content (AvgIpc) is 2.30. The van der Waals surface area contributed by atoms with Gasteiger partial charge in [-0.15, -0.1) is 0 Å². The summed E-state index contributed by atoms with van der Waals surface area (Å²) in [5.74, 6) is 0. The summed E-state index contributed by atoms with van der Waals surface area (Å²) >= 11 is 0. The third kappa shape index (κ3) is 0.942. The van der Waals surface area contributed by atoms with E-state index < -0.39 is 0 Å². The summed E-state index contributed by atoms with van der Waals surface area (Å²) in [6, 6.07) is 3.96. The van der Waals surface area contributed by atoms with Gasteiger partial charge in [0.25, 0.3) is 0 Å². The van der Waals surface area contributed by atoms with Crippen LogP contribution in [0.4, 0.5) is 5.69 Å². The van der Waals surface area contributed by atoms with Crippen molar-refractivity contribution in [3.63, 3.8) is 0 Å². The normalized spacial score (nSPS) is 10.8. The number of anilines is 1.